The summed E-state index contributed by atoms with van der Waals surface area (Å²) >= 11 is 0. The number of halogens is 3. The summed E-state index contributed by atoms with van der Waals surface area (Å²) in [5.41, 5.74) is -6.75. The van der Waals surface area contributed by atoms with Crippen molar-refractivity contribution in [3.63, 3.8) is 0 Å². The normalized spacial score (nSPS) is 11.7. The molecule has 0 unspecified atom stereocenters. The van der Waals surface area contributed by atoms with Crippen LogP contribution in [-0.2, 0) is 10.1 Å². The Kier molecular flexibility index (Phi) is 3.71. The number of alkyl halides is 3. The van der Waals surface area contributed by atoms with Crippen LogP contribution in [0.5, 0.6) is 5.75 Å². The Hall–Kier alpha value is -2.28. The molecule has 0 radical (unpaired) electrons. The molecule has 1 N–H and O–H groups in total. The fraction of sp³-hybridized carbons (Fsp3) is 0.111. The van der Waals surface area contributed by atoms with Gasteiger partial charge in [0.1, 0.15) is 6.07 Å². The number of carboxylic acid groups (broad SMARTS) is 1. The number of nitriles is 1. The van der Waals surface area contributed by atoms with Crippen molar-refractivity contribution in [3.8, 4) is 11.8 Å². The molecule has 0 aliphatic heterocycles. The third-order valence-corrected chi connectivity index (χ3v) is 2.80. The van der Waals surface area contributed by atoms with E-state index in [1.165, 1.54) is 6.07 Å². The van der Waals surface area contributed by atoms with Gasteiger partial charge in [0.05, 0.1) is 11.1 Å². The predicted octanol–water partition coefficient (Wildman–Crippen LogP) is 1.48. The van der Waals surface area contributed by atoms with Crippen LogP contribution in [0.3, 0.4) is 0 Å². The van der Waals surface area contributed by atoms with E-state index in [0.29, 0.717) is 6.07 Å². The summed E-state index contributed by atoms with van der Waals surface area (Å²) < 4.78 is 61.6. The van der Waals surface area contributed by atoms with Crippen molar-refractivity contribution in [1.29, 1.82) is 5.26 Å². The van der Waals surface area contributed by atoms with E-state index in [0.717, 1.165) is 12.1 Å². The van der Waals surface area contributed by atoms with Gasteiger partial charge >= 0.3 is 21.6 Å². The lowest BCUT2D eigenvalue weighted by molar-refractivity contribution is -0.0500. The van der Waals surface area contributed by atoms with Gasteiger partial charge in [-0.2, -0.15) is 26.9 Å². The monoisotopic (exact) mass is 295 g/mol. The molecule has 10 heteroatoms. The van der Waals surface area contributed by atoms with Crippen molar-refractivity contribution in [2.24, 2.45) is 0 Å². The summed E-state index contributed by atoms with van der Waals surface area (Å²) in [6.07, 6.45) is 0. The lowest BCUT2D eigenvalue weighted by atomic mass is 10.1. The fourth-order valence-corrected chi connectivity index (χ4v) is 1.45. The van der Waals surface area contributed by atoms with E-state index in [2.05, 4.69) is 4.18 Å². The van der Waals surface area contributed by atoms with Crippen LogP contribution in [0.4, 0.5) is 13.2 Å². The Labute approximate surface area is 104 Å². The van der Waals surface area contributed by atoms with Gasteiger partial charge in [0.2, 0.25) is 0 Å². The first kappa shape index (κ1) is 14.8. The highest BCUT2D eigenvalue weighted by atomic mass is 32.2. The van der Waals surface area contributed by atoms with Gasteiger partial charge in [-0.25, -0.2) is 4.79 Å². The van der Waals surface area contributed by atoms with Gasteiger partial charge < -0.3 is 9.29 Å². The molecule has 1 rings (SSSR count). The molecule has 0 bridgehead atoms. The minimum Gasteiger partial charge on any atom is -0.478 e. The van der Waals surface area contributed by atoms with E-state index in [1.807, 2.05) is 0 Å². The predicted molar refractivity (Wildman–Crippen MR) is 53.7 cm³/mol. The molecule has 0 aromatic heterocycles. The largest absolute Gasteiger partial charge is 0.534 e. The molecule has 102 valence electrons. The maximum Gasteiger partial charge on any atom is 0.534 e. The number of nitrogens with zero attached hydrogens (tertiary/aromatic N) is 1. The van der Waals surface area contributed by atoms with Crippen molar-refractivity contribution in [1.82, 2.24) is 0 Å². The zero-order chi connectivity index (χ0) is 14.8. The minimum absolute atomic E-state index is 0.518. The van der Waals surface area contributed by atoms with Gasteiger partial charge in [0.15, 0.2) is 5.75 Å². The standard InChI is InChI=1S/C9H4F3NO5S/c10-9(11,12)19(16,17)18-7-3-5(8(14)15)1-2-6(7)4-13/h1-3H,(H,14,15). The van der Waals surface area contributed by atoms with E-state index in [1.54, 1.807) is 0 Å². The van der Waals surface area contributed by atoms with Crippen LogP contribution in [0.2, 0.25) is 0 Å². The summed E-state index contributed by atoms with van der Waals surface area (Å²) in [5, 5.41) is 17.2. The van der Waals surface area contributed by atoms with Crippen LogP contribution in [0.25, 0.3) is 0 Å². The zero-order valence-electron chi connectivity index (χ0n) is 8.80. The number of benzene rings is 1. The lowest BCUT2D eigenvalue weighted by Crippen LogP contribution is -2.28. The van der Waals surface area contributed by atoms with Crippen LogP contribution in [0.1, 0.15) is 15.9 Å². The van der Waals surface area contributed by atoms with Crippen molar-refractivity contribution in [2.75, 3.05) is 0 Å². The van der Waals surface area contributed by atoms with E-state index < -0.39 is 38.5 Å². The van der Waals surface area contributed by atoms with Crippen LogP contribution in [0.15, 0.2) is 18.2 Å². The summed E-state index contributed by atoms with van der Waals surface area (Å²) in [7, 11) is -5.97. The van der Waals surface area contributed by atoms with Crippen molar-refractivity contribution in [2.45, 2.75) is 5.51 Å². The molecule has 0 amide bonds. The van der Waals surface area contributed by atoms with Crippen molar-refractivity contribution in [3.05, 3.63) is 29.3 Å². The van der Waals surface area contributed by atoms with E-state index in [4.69, 9.17) is 10.4 Å². The van der Waals surface area contributed by atoms with E-state index in [-0.39, 0.29) is 0 Å². The highest BCUT2D eigenvalue weighted by molar-refractivity contribution is 7.88. The molecule has 0 saturated carbocycles. The number of hydrogen-bond acceptors (Lipinski definition) is 5. The SMILES string of the molecule is N#Cc1ccc(C(=O)O)cc1OS(=O)(=O)C(F)(F)F. The van der Waals surface area contributed by atoms with Crippen LogP contribution < -0.4 is 4.18 Å². The second-order valence-electron chi connectivity index (χ2n) is 3.11. The fourth-order valence-electron chi connectivity index (χ4n) is 0.982. The first-order valence-corrected chi connectivity index (χ1v) is 5.77. The van der Waals surface area contributed by atoms with Gasteiger partial charge in [-0.3, -0.25) is 0 Å². The molecule has 6 nitrogen and oxygen atoms in total. The van der Waals surface area contributed by atoms with Crippen LogP contribution in [0, 0.1) is 11.3 Å². The molecule has 0 aliphatic rings. The number of rotatable bonds is 3. The second kappa shape index (κ2) is 4.77. The maximum atomic E-state index is 12.1. The smallest absolute Gasteiger partial charge is 0.478 e. The molecular formula is C9H4F3NO5S. The first-order chi connectivity index (χ1) is 8.58. The lowest BCUT2D eigenvalue weighted by Gasteiger charge is -2.10. The molecule has 0 spiro atoms. The molecule has 1 aromatic carbocycles. The summed E-state index contributed by atoms with van der Waals surface area (Å²) in [6, 6.07) is 3.67. The summed E-state index contributed by atoms with van der Waals surface area (Å²) in [6.45, 7) is 0. The van der Waals surface area contributed by atoms with Gasteiger partial charge in [-0.15, -0.1) is 0 Å². The maximum absolute atomic E-state index is 12.1. The Morgan fingerprint density at radius 1 is 1.37 bits per heavy atom. The average molecular weight is 295 g/mol. The Morgan fingerprint density at radius 2 is 1.95 bits per heavy atom. The number of aromatic carboxylic acids is 1. The van der Waals surface area contributed by atoms with Gasteiger partial charge in [-0.05, 0) is 18.2 Å². The highest BCUT2D eigenvalue weighted by Crippen LogP contribution is 2.29. The zero-order valence-corrected chi connectivity index (χ0v) is 9.62. The molecular weight excluding hydrogens is 291 g/mol. The average Bonchev–Trinajstić information content (AvgIpc) is 2.26. The topological polar surface area (TPSA) is 104 Å². The number of carboxylic acids is 1. The quantitative estimate of drug-likeness (QED) is 0.669. The minimum atomic E-state index is -5.97. The van der Waals surface area contributed by atoms with Gasteiger partial charge in [-0.1, -0.05) is 0 Å². The third-order valence-electron chi connectivity index (χ3n) is 1.83. The first-order valence-electron chi connectivity index (χ1n) is 4.36. The third kappa shape index (κ3) is 3.14. The van der Waals surface area contributed by atoms with E-state index in [9.17, 15) is 26.4 Å². The Balaban J connectivity index is 3.32. The van der Waals surface area contributed by atoms with Crippen LogP contribution in [-0.4, -0.2) is 25.0 Å². The Bertz CT molecular complexity index is 659. The highest BCUT2D eigenvalue weighted by Gasteiger charge is 2.48. The van der Waals surface area contributed by atoms with E-state index >= 15 is 0 Å². The summed E-state index contributed by atoms with van der Waals surface area (Å²) in [4.78, 5) is 10.6. The molecule has 0 atom stereocenters. The summed E-state index contributed by atoms with van der Waals surface area (Å²) in [5.74, 6) is -2.52. The Morgan fingerprint density at radius 3 is 2.37 bits per heavy atom. The molecule has 0 heterocycles. The number of carbonyl (C=O) groups is 1. The molecule has 1 aromatic rings. The van der Waals surface area contributed by atoms with Crippen LogP contribution >= 0.6 is 0 Å². The number of hydrogen-bond donors (Lipinski definition) is 1. The second-order valence-corrected chi connectivity index (χ2v) is 4.65. The van der Waals surface area contributed by atoms with Gasteiger partial charge in [0, 0.05) is 0 Å². The van der Waals surface area contributed by atoms with Crippen molar-refractivity contribution >= 4 is 16.1 Å². The molecule has 0 fully saturated rings. The molecule has 0 aliphatic carbocycles. The van der Waals surface area contributed by atoms with Crippen molar-refractivity contribution < 1.29 is 35.7 Å². The molecule has 19 heavy (non-hydrogen) atoms. The molecule has 0 saturated heterocycles. The van der Waals surface area contributed by atoms with Gasteiger partial charge in [0.25, 0.3) is 0 Å².